The van der Waals surface area contributed by atoms with Crippen LogP contribution in [0.4, 0.5) is 10.2 Å². The van der Waals surface area contributed by atoms with Gasteiger partial charge in [-0.05, 0) is 30.3 Å². The Hall–Kier alpha value is -3.13. The molecule has 0 unspecified atom stereocenters. The molecule has 0 saturated heterocycles. The molecule has 1 aromatic carbocycles. The van der Waals surface area contributed by atoms with Gasteiger partial charge in [-0.2, -0.15) is 5.10 Å². The Morgan fingerprint density at radius 3 is 2.72 bits per heavy atom. The summed E-state index contributed by atoms with van der Waals surface area (Å²) in [4.78, 5) is 31.5. The number of halogens is 2. The number of anilines is 1. The molecule has 1 amide bonds. The molecule has 3 aromatic rings. The average molecular weight is 360 g/mol. The number of hydrogen-bond acceptors (Lipinski definition) is 5. The van der Waals surface area contributed by atoms with Crippen LogP contribution < -0.4 is 10.9 Å². The number of nitrogens with one attached hydrogen (secondary N) is 1. The second-order valence-electron chi connectivity index (χ2n) is 5.08. The zero-order chi connectivity index (χ0) is 18.0. The summed E-state index contributed by atoms with van der Waals surface area (Å²) in [5.74, 6) is -0.861. The molecule has 0 spiro atoms. The first-order chi connectivity index (χ1) is 11.9. The van der Waals surface area contributed by atoms with Crippen LogP contribution in [0.1, 0.15) is 10.5 Å². The molecule has 9 heteroatoms. The normalized spacial score (nSPS) is 10.5. The third-order valence-corrected chi connectivity index (χ3v) is 3.48. The lowest BCUT2D eigenvalue weighted by Crippen LogP contribution is -2.22. The molecule has 0 radical (unpaired) electrons. The molecule has 0 aliphatic rings. The summed E-state index contributed by atoms with van der Waals surface area (Å²) < 4.78 is 14.6. The van der Waals surface area contributed by atoms with Crippen LogP contribution in [0.5, 0.6) is 0 Å². The summed E-state index contributed by atoms with van der Waals surface area (Å²) in [6, 6.07) is 8.03. The third kappa shape index (κ3) is 3.86. The van der Waals surface area contributed by atoms with Gasteiger partial charge in [-0.3, -0.25) is 9.59 Å². The van der Waals surface area contributed by atoms with E-state index in [9.17, 15) is 14.0 Å². The highest BCUT2D eigenvalue weighted by molar-refractivity contribution is 6.30. The van der Waals surface area contributed by atoms with Crippen LogP contribution in [0.3, 0.4) is 0 Å². The summed E-state index contributed by atoms with van der Waals surface area (Å²) in [6.45, 7) is 0. The standard InChI is InChI=1S/C16H11ClFN5O2/c1-23-15(24)3-2-14(22-23)21-16(25)13-7-12(19-8-20-13)9-4-10(17)6-11(18)5-9/h2-8H,1H3,(H,21,22,25). The first kappa shape index (κ1) is 16.7. The Morgan fingerprint density at radius 1 is 1.20 bits per heavy atom. The van der Waals surface area contributed by atoms with Crippen molar-refractivity contribution in [3.8, 4) is 11.3 Å². The summed E-state index contributed by atoms with van der Waals surface area (Å²) in [5, 5.41) is 6.65. The van der Waals surface area contributed by atoms with Crippen molar-refractivity contribution in [2.45, 2.75) is 0 Å². The minimum Gasteiger partial charge on any atom is -0.304 e. The van der Waals surface area contributed by atoms with Gasteiger partial charge in [0.25, 0.3) is 11.5 Å². The van der Waals surface area contributed by atoms with E-state index < -0.39 is 11.7 Å². The van der Waals surface area contributed by atoms with Crippen LogP contribution in [-0.2, 0) is 7.05 Å². The lowest BCUT2D eigenvalue weighted by Gasteiger charge is -2.06. The van der Waals surface area contributed by atoms with Gasteiger partial charge < -0.3 is 5.32 Å². The number of nitrogens with zero attached hydrogens (tertiary/aromatic N) is 4. The molecule has 0 fully saturated rings. The Labute approximate surface area is 146 Å². The van der Waals surface area contributed by atoms with Crippen LogP contribution in [0.25, 0.3) is 11.3 Å². The number of aryl methyl sites for hydroxylation is 1. The van der Waals surface area contributed by atoms with Gasteiger partial charge in [0.15, 0.2) is 5.82 Å². The molecule has 1 N–H and O–H groups in total. The number of amides is 1. The van der Waals surface area contributed by atoms with Crippen molar-refractivity contribution in [2.75, 3.05) is 5.32 Å². The number of hydrogen-bond donors (Lipinski definition) is 1. The summed E-state index contributed by atoms with van der Waals surface area (Å²) in [7, 11) is 1.47. The number of carbonyl (C=O) groups excluding carboxylic acids is 1. The van der Waals surface area contributed by atoms with E-state index in [-0.39, 0.29) is 22.1 Å². The van der Waals surface area contributed by atoms with Crippen LogP contribution in [0, 0.1) is 5.82 Å². The van der Waals surface area contributed by atoms with E-state index >= 15 is 0 Å². The van der Waals surface area contributed by atoms with Gasteiger partial charge in [0, 0.05) is 23.7 Å². The maximum absolute atomic E-state index is 13.5. The molecule has 0 aliphatic heterocycles. The molecule has 0 aliphatic carbocycles. The van der Waals surface area contributed by atoms with E-state index in [0.29, 0.717) is 11.3 Å². The van der Waals surface area contributed by atoms with Crippen LogP contribution in [-0.4, -0.2) is 25.7 Å². The van der Waals surface area contributed by atoms with Crippen molar-refractivity contribution in [3.05, 3.63) is 69.6 Å². The number of rotatable bonds is 3. The Balaban J connectivity index is 1.88. The van der Waals surface area contributed by atoms with Crippen molar-refractivity contribution in [1.29, 1.82) is 0 Å². The molecule has 2 heterocycles. The van der Waals surface area contributed by atoms with Crippen molar-refractivity contribution < 1.29 is 9.18 Å². The van der Waals surface area contributed by atoms with Crippen molar-refractivity contribution in [2.24, 2.45) is 7.05 Å². The van der Waals surface area contributed by atoms with E-state index in [1.54, 1.807) is 0 Å². The third-order valence-electron chi connectivity index (χ3n) is 3.26. The molecule has 2 aromatic heterocycles. The Bertz CT molecular complexity index is 1000. The highest BCUT2D eigenvalue weighted by Gasteiger charge is 2.12. The molecule has 0 atom stereocenters. The zero-order valence-corrected chi connectivity index (χ0v) is 13.7. The molecule has 0 bridgehead atoms. The lowest BCUT2D eigenvalue weighted by molar-refractivity contribution is 0.102. The number of aromatic nitrogens is 4. The zero-order valence-electron chi connectivity index (χ0n) is 12.9. The first-order valence-corrected chi connectivity index (χ1v) is 7.44. The van der Waals surface area contributed by atoms with Crippen LogP contribution in [0.2, 0.25) is 5.02 Å². The minimum absolute atomic E-state index is 0.0565. The average Bonchev–Trinajstić information content (AvgIpc) is 2.57. The monoisotopic (exact) mass is 359 g/mol. The molecular formula is C16H11ClFN5O2. The molecule has 3 rings (SSSR count). The number of carbonyl (C=O) groups is 1. The fourth-order valence-corrected chi connectivity index (χ4v) is 2.31. The highest BCUT2D eigenvalue weighted by Crippen LogP contribution is 2.23. The maximum atomic E-state index is 13.5. The van der Waals surface area contributed by atoms with Crippen LogP contribution >= 0.6 is 11.6 Å². The summed E-state index contributed by atoms with van der Waals surface area (Å²) in [6.07, 6.45) is 1.19. The molecule has 25 heavy (non-hydrogen) atoms. The fraction of sp³-hybridized carbons (Fsp3) is 0.0625. The fourth-order valence-electron chi connectivity index (χ4n) is 2.09. The van der Waals surface area contributed by atoms with Gasteiger partial charge in [0.05, 0.1) is 5.69 Å². The topological polar surface area (TPSA) is 89.8 Å². The van der Waals surface area contributed by atoms with Gasteiger partial charge in [-0.1, -0.05) is 11.6 Å². The predicted molar refractivity (Wildman–Crippen MR) is 89.9 cm³/mol. The molecule has 126 valence electrons. The van der Waals surface area contributed by atoms with Gasteiger partial charge in [-0.15, -0.1) is 0 Å². The Morgan fingerprint density at radius 2 is 2.00 bits per heavy atom. The Kier molecular flexibility index (Phi) is 4.53. The second-order valence-corrected chi connectivity index (χ2v) is 5.52. The number of benzene rings is 1. The first-order valence-electron chi connectivity index (χ1n) is 7.06. The van der Waals surface area contributed by atoms with Gasteiger partial charge in [0.2, 0.25) is 0 Å². The molecular weight excluding hydrogens is 349 g/mol. The van der Waals surface area contributed by atoms with E-state index in [2.05, 4.69) is 20.4 Å². The summed E-state index contributed by atoms with van der Waals surface area (Å²) in [5.41, 5.74) is 0.517. The molecule has 7 nitrogen and oxygen atoms in total. The quantitative estimate of drug-likeness (QED) is 0.774. The van der Waals surface area contributed by atoms with Gasteiger partial charge in [0.1, 0.15) is 17.8 Å². The summed E-state index contributed by atoms with van der Waals surface area (Å²) >= 11 is 5.84. The van der Waals surface area contributed by atoms with E-state index in [4.69, 9.17) is 11.6 Å². The SMILES string of the molecule is Cn1nc(NC(=O)c2cc(-c3cc(F)cc(Cl)c3)ncn2)ccc1=O. The predicted octanol–water partition coefficient (Wildman–Crippen LogP) is 2.28. The van der Waals surface area contributed by atoms with Crippen molar-refractivity contribution >= 4 is 23.3 Å². The minimum atomic E-state index is -0.544. The smallest absolute Gasteiger partial charge is 0.275 e. The lowest BCUT2D eigenvalue weighted by atomic mass is 10.1. The van der Waals surface area contributed by atoms with Crippen molar-refractivity contribution in [3.63, 3.8) is 0 Å². The van der Waals surface area contributed by atoms with E-state index in [1.807, 2.05) is 0 Å². The van der Waals surface area contributed by atoms with Crippen LogP contribution in [0.15, 0.2) is 47.5 Å². The largest absolute Gasteiger partial charge is 0.304 e. The van der Waals surface area contributed by atoms with E-state index in [1.165, 1.54) is 49.8 Å². The van der Waals surface area contributed by atoms with Crippen molar-refractivity contribution in [1.82, 2.24) is 19.7 Å². The maximum Gasteiger partial charge on any atom is 0.275 e. The van der Waals surface area contributed by atoms with E-state index in [0.717, 1.165) is 4.68 Å². The molecule has 0 saturated carbocycles. The second kappa shape index (κ2) is 6.78. The highest BCUT2D eigenvalue weighted by atomic mass is 35.5. The van der Waals surface area contributed by atoms with Gasteiger partial charge >= 0.3 is 0 Å². The van der Waals surface area contributed by atoms with Gasteiger partial charge in [-0.25, -0.2) is 19.0 Å².